The monoisotopic (exact) mass is 635 g/mol. The third kappa shape index (κ3) is 9.61. The van der Waals surface area contributed by atoms with Gasteiger partial charge in [0.25, 0.3) is 5.91 Å². The number of amides is 1. The molecule has 1 amide bonds. The van der Waals surface area contributed by atoms with Crippen LogP contribution in [-0.4, -0.2) is 108 Å². The average Bonchev–Trinajstić information content (AvgIpc) is 3.34. The van der Waals surface area contributed by atoms with Gasteiger partial charge in [-0.05, 0) is 44.3 Å². The van der Waals surface area contributed by atoms with Crippen molar-refractivity contribution in [3.8, 4) is 5.75 Å². The standard InChI is InChI=1S/C14H17N3O3S.C11H12ClNO4S.K/c1-3-10(20-9(2)18)8-11-13(19)17(14(21)16-11)12-6-4-5-7-15-12;12-9-3-4-11-10(7-9)13(8-17-11)5-1-2-6-18(14,15)16;/h3-7,9,11,18H,8H2,1-2H3,(H,16,21);3-4,7H,1-2,5-6H2,(H,14,15,16);. The number of aliphatic hydroxyl groups is 1. The third-order valence-corrected chi connectivity index (χ3v) is 8.33. The minimum atomic E-state index is -3.87. The number of unbranched alkanes of at least 4 members (excludes halogenated alkanes) is 1. The van der Waals surface area contributed by atoms with E-state index in [0.29, 0.717) is 96.5 Å². The van der Waals surface area contributed by atoms with Crippen LogP contribution in [0.1, 0.15) is 33.1 Å². The Labute approximate surface area is 278 Å². The van der Waals surface area contributed by atoms with E-state index in [1.165, 1.54) is 11.8 Å². The zero-order valence-electron chi connectivity index (χ0n) is 22.3. The van der Waals surface area contributed by atoms with Crippen LogP contribution < -0.4 is 19.9 Å². The number of carbonyl (C=O) groups is 1. The number of hydrogen-bond acceptors (Lipinski definition) is 9. The summed E-state index contributed by atoms with van der Waals surface area (Å²) in [5.74, 6) is 1.42. The Morgan fingerprint density at radius 2 is 2.10 bits per heavy atom. The molecule has 4 rings (SSSR count). The molecule has 1 saturated heterocycles. The van der Waals surface area contributed by atoms with Crippen molar-refractivity contribution >= 4 is 105 Å². The van der Waals surface area contributed by atoms with Crippen molar-refractivity contribution in [3.63, 3.8) is 0 Å². The predicted octanol–water partition coefficient (Wildman–Crippen LogP) is 3.14. The molecule has 0 spiro atoms. The van der Waals surface area contributed by atoms with Crippen LogP contribution in [-0.2, 0) is 19.6 Å². The summed E-state index contributed by atoms with van der Waals surface area (Å²) in [5, 5.41) is 13.2. The summed E-state index contributed by atoms with van der Waals surface area (Å²) in [6.07, 6.45) is 3.79. The molecule has 40 heavy (non-hydrogen) atoms. The van der Waals surface area contributed by atoms with Gasteiger partial charge in [0.05, 0.1) is 5.76 Å². The summed E-state index contributed by atoms with van der Waals surface area (Å²) < 4.78 is 41.8. The zero-order valence-corrected chi connectivity index (χ0v) is 27.8. The maximum absolute atomic E-state index is 12.4. The van der Waals surface area contributed by atoms with Crippen LogP contribution in [0.5, 0.6) is 5.75 Å². The van der Waals surface area contributed by atoms with Crippen molar-refractivity contribution in [3.05, 3.63) is 59.8 Å². The quantitative estimate of drug-likeness (QED) is 0.0885. The summed E-state index contributed by atoms with van der Waals surface area (Å²) in [7, 11) is -3.87. The summed E-state index contributed by atoms with van der Waals surface area (Å²) in [6, 6.07) is 10.2. The zero-order chi connectivity index (χ0) is 29.4. The molecule has 2 aliphatic rings. The molecule has 2 unspecified atom stereocenters. The van der Waals surface area contributed by atoms with E-state index < -0.39 is 22.4 Å². The van der Waals surface area contributed by atoms with E-state index in [0.717, 1.165) is 11.8 Å². The number of carbonyl (C=O) groups excluding carboxylic acids is 1. The van der Waals surface area contributed by atoms with Crippen molar-refractivity contribution in [2.24, 2.45) is 0 Å². The fraction of sp³-hybridized carbons (Fsp3) is 0.360. The second-order valence-corrected chi connectivity index (χ2v) is 12.6. The first kappa shape index (κ1) is 33.2. The topological polar surface area (TPSA) is 142 Å². The van der Waals surface area contributed by atoms with Crippen LogP contribution in [0.25, 0.3) is 0 Å². The molecule has 15 heteroatoms. The molecule has 1 aromatic heterocycles. The summed E-state index contributed by atoms with van der Waals surface area (Å²) in [5.41, 5.74) is 0.933. The molecule has 1 radical (unpaired) electrons. The number of rotatable bonds is 10. The second-order valence-electron chi connectivity index (χ2n) is 8.92. The van der Waals surface area contributed by atoms with E-state index in [1.807, 2.05) is 17.0 Å². The minimum absolute atomic E-state index is 0.188. The molecule has 11 nitrogen and oxygen atoms in total. The Morgan fingerprint density at radius 1 is 1.35 bits per heavy atom. The van der Waals surface area contributed by atoms with Gasteiger partial charge in [-0.25, -0.2) is 9.88 Å². The molecular weight excluding hydrogens is 607 g/mol. The molecule has 0 bridgehead atoms. The molecule has 2 aromatic rings. The van der Waals surface area contributed by atoms with Crippen LogP contribution in [0.4, 0.5) is 11.5 Å². The molecule has 2 atom stereocenters. The molecule has 0 aliphatic carbocycles. The second kappa shape index (κ2) is 15.2. The summed E-state index contributed by atoms with van der Waals surface area (Å²) in [6.45, 7) is 3.96. The summed E-state index contributed by atoms with van der Waals surface area (Å²) >= 11 is 11.5. The van der Waals surface area contributed by atoms with E-state index in [-0.39, 0.29) is 11.7 Å². The molecule has 3 N–H and O–H groups in total. The van der Waals surface area contributed by atoms with Gasteiger partial charge in [0.15, 0.2) is 11.4 Å². The Kier molecular flexibility index (Phi) is 12.6. The molecule has 3 heterocycles. The van der Waals surface area contributed by atoms with Crippen molar-refractivity contribution in [2.45, 2.75) is 45.4 Å². The van der Waals surface area contributed by atoms with Gasteiger partial charge in [0.1, 0.15) is 11.9 Å². The third-order valence-electron chi connectivity index (χ3n) is 5.83. The summed E-state index contributed by atoms with van der Waals surface area (Å²) in [4.78, 5) is 20.0. The number of allylic oxidation sites excluding steroid dienone is 1. The Balaban J connectivity index is 0.000000222. The van der Waals surface area contributed by atoms with Crippen LogP contribution >= 0.6 is 23.8 Å². The molecule has 1 fully saturated rings. The Hall–Kier alpha value is -1.33. The number of anilines is 2. The van der Waals surface area contributed by atoms with Gasteiger partial charge in [0.2, 0.25) is 0 Å². The number of aromatic nitrogens is 1. The van der Waals surface area contributed by atoms with Crippen molar-refractivity contribution < 1.29 is 32.3 Å². The van der Waals surface area contributed by atoms with Gasteiger partial charge < -0.3 is 15.2 Å². The Morgan fingerprint density at radius 3 is 2.73 bits per heavy atom. The number of thiocarbonyl (C=S) groups is 1. The van der Waals surface area contributed by atoms with Crippen molar-refractivity contribution in [1.29, 1.82) is 0 Å². The van der Waals surface area contributed by atoms with Gasteiger partial charge in [-0.1, -0.05) is 6.07 Å². The van der Waals surface area contributed by atoms with Gasteiger partial charge >= 0.3 is 153 Å². The number of nitrogens with zero attached hydrogens (tertiary/aromatic N) is 3. The van der Waals surface area contributed by atoms with Gasteiger partial charge in [0, 0.05) is 12.6 Å². The normalized spacial score (nSPS) is 18.1. The van der Waals surface area contributed by atoms with E-state index >= 15 is 0 Å². The van der Waals surface area contributed by atoms with Crippen LogP contribution in [0.2, 0.25) is 5.02 Å². The number of pyridine rings is 1. The van der Waals surface area contributed by atoms with Crippen LogP contribution in [0.15, 0.2) is 54.4 Å². The van der Waals surface area contributed by atoms with Crippen molar-refractivity contribution in [1.82, 2.24) is 10.3 Å². The number of fused-ring (bicyclic) bond motifs is 1. The predicted molar refractivity (Wildman–Crippen MR) is 156 cm³/mol. The van der Waals surface area contributed by atoms with E-state index in [4.69, 9.17) is 37.8 Å². The van der Waals surface area contributed by atoms with E-state index in [1.54, 1.807) is 43.5 Å². The fourth-order valence-electron chi connectivity index (χ4n) is 4.03. The van der Waals surface area contributed by atoms with Crippen LogP contribution in [0, 0.1) is 0.322 Å². The van der Waals surface area contributed by atoms with E-state index in [2.05, 4.69) is 10.3 Å². The Bertz CT molecular complexity index is 1330. The number of benzene rings is 1. The molecule has 0 saturated carbocycles. The van der Waals surface area contributed by atoms with Gasteiger partial charge in [-0.3, -0.25) is 4.79 Å². The van der Waals surface area contributed by atoms with Gasteiger partial charge in [-0.2, -0.15) is 0 Å². The number of hydrogen-bond donors (Lipinski definition) is 3. The van der Waals surface area contributed by atoms with E-state index in [9.17, 15) is 18.3 Å². The first-order valence-electron chi connectivity index (χ1n) is 12.5. The molecular formula is C25H29ClKN4O7S2. The fourth-order valence-corrected chi connectivity index (χ4v) is 6.16. The maximum atomic E-state index is 12.4. The van der Waals surface area contributed by atoms with Crippen LogP contribution in [0.3, 0.4) is 0 Å². The average molecular weight is 636 g/mol. The first-order chi connectivity index (χ1) is 18.9. The number of ether oxygens (including phenoxy) is 2. The van der Waals surface area contributed by atoms with Gasteiger partial charge in [-0.15, -0.1) is 0 Å². The number of halogens is 1. The number of nitrogens with one attached hydrogen (secondary N) is 1. The van der Waals surface area contributed by atoms with Crippen molar-refractivity contribution in [2.75, 3.05) is 22.1 Å². The first-order valence-corrected chi connectivity index (χ1v) is 16.4. The molecule has 211 valence electrons. The SMILES string of the molecule is CC=C(CC1NC(=S)N(c2ccccn2)C1=O)OC(C)O.O=S(=O)(O)CCCCN1[C]([K])Oc2ccc(Cl)cc21. The number of aliphatic hydroxyl groups excluding tert-OH is 1. The molecule has 1 aromatic carbocycles. The molecule has 2 aliphatic heterocycles.